The van der Waals surface area contributed by atoms with E-state index in [2.05, 4.69) is 4.74 Å². The average molecular weight is 414 g/mol. The van der Waals surface area contributed by atoms with E-state index < -0.39 is 41.1 Å². The number of allylic oxidation sites excluding steroid dienone is 1. The largest absolute Gasteiger partial charge is 0.497 e. The highest BCUT2D eigenvalue weighted by atomic mass is 19.4. The normalized spacial score (nSPS) is 19.6. The van der Waals surface area contributed by atoms with E-state index in [1.165, 1.54) is 52.1 Å². The van der Waals surface area contributed by atoms with Crippen LogP contribution in [0.2, 0.25) is 0 Å². The van der Waals surface area contributed by atoms with Crippen LogP contribution in [-0.4, -0.2) is 54.7 Å². The number of carbonyl (C=O) groups excluding carboxylic acids is 3. The Balaban J connectivity index is 2.68. The van der Waals surface area contributed by atoms with Crippen molar-refractivity contribution in [3.8, 4) is 5.75 Å². The molecule has 1 aliphatic heterocycles. The van der Waals surface area contributed by atoms with Crippen molar-refractivity contribution in [2.45, 2.75) is 38.5 Å². The third-order valence-electron chi connectivity index (χ3n) is 4.60. The molecular weight excluding hydrogens is 393 g/mol. The number of hydrogen-bond donors (Lipinski definition) is 1. The molecule has 0 spiro atoms. The van der Waals surface area contributed by atoms with Crippen LogP contribution in [0.15, 0.2) is 35.5 Å². The predicted octanol–water partition coefficient (Wildman–Crippen LogP) is 2.42. The number of esters is 1. The molecule has 0 radical (unpaired) electrons. The van der Waals surface area contributed by atoms with Gasteiger partial charge >= 0.3 is 12.1 Å². The molecule has 1 aromatic carbocycles. The number of ether oxygens (including phenoxy) is 2. The van der Waals surface area contributed by atoms with Crippen molar-refractivity contribution in [3.05, 3.63) is 41.1 Å². The van der Waals surface area contributed by atoms with Gasteiger partial charge in [-0.05, 0) is 39.0 Å². The molecule has 1 heterocycles. The highest BCUT2D eigenvalue weighted by Crippen LogP contribution is 2.45. The summed E-state index contributed by atoms with van der Waals surface area (Å²) in [5.41, 5.74) is -4.96. The van der Waals surface area contributed by atoms with E-state index in [9.17, 15) is 27.6 Å². The topological polar surface area (TPSA) is 84.9 Å². The molecule has 1 unspecified atom stereocenters. The Morgan fingerprint density at radius 1 is 1.21 bits per heavy atom. The minimum atomic E-state index is -5.31. The average Bonchev–Trinajstić information content (AvgIpc) is 2.88. The van der Waals surface area contributed by atoms with Gasteiger partial charge in [0.15, 0.2) is 0 Å². The Bertz CT molecular complexity index is 879. The zero-order valence-electron chi connectivity index (χ0n) is 16.5. The fourth-order valence-electron chi connectivity index (χ4n) is 3.31. The maximum atomic E-state index is 14.3. The maximum Gasteiger partial charge on any atom is 0.425 e. The van der Waals surface area contributed by atoms with Crippen molar-refractivity contribution in [3.63, 3.8) is 0 Å². The second-order valence-electron chi connectivity index (χ2n) is 6.65. The van der Waals surface area contributed by atoms with Gasteiger partial charge in [-0.1, -0.05) is 6.07 Å². The maximum absolute atomic E-state index is 14.3. The second kappa shape index (κ2) is 7.76. The summed E-state index contributed by atoms with van der Waals surface area (Å²) in [6, 6.07) is 4.69. The molecule has 1 aliphatic rings. The van der Waals surface area contributed by atoms with Crippen LogP contribution in [-0.2, 0) is 14.3 Å². The molecule has 0 fully saturated rings. The van der Waals surface area contributed by atoms with Gasteiger partial charge in [0.25, 0.3) is 17.4 Å². The molecular formula is C19H21F3N2O5. The third-order valence-corrected chi connectivity index (χ3v) is 4.60. The summed E-state index contributed by atoms with van der Waals surface area (Å²) in [4.78, 5) is 38.8. The van der Waals surface area contributed by atoms with Crippen molar-refractivity contribution in [1.82, 2.24) is 10.2 Å². The Labute approximate surface area is 165 Å². The number of amides is 2. The van der Waals surface area contributed by atoms with Crippen LogP contribution in [0.25, 0.3) is 0 Å². The van der Waals surface area contributed by atoms with Gasteiger partial charge in [0.2, 0.25) is 0 Å². The number of alkyl halides is 3. The third kappa shape index (κ3) is 3.54. The number of rotatable bonds is 5. The van der Waals surface area contributed by atoms with Gasteiger partial charge in [-0.25, -0.2) is 4.79 Å². The van der Waals surface area contributed by atoms with Gasteiger partial charge in [0, 0.05) is 17.3 Å². The minimum absolute atomic E-state index is 0.175. The molecule has 7 nitrogen and oxygen atoms in total. The summed E-state index contributed by atoms with van der Waals surface area (Å²) >= 11 is 0. The van der Waals surface area contributed by atoms with Crippen molar-refractivity contribution < 1.29 is 37.0 Å². The van der Waals surface area contributed by atoms with E-state index in [1.54, 1.807) is 5.32 Å². The first kappa shape index (κ1) is 22.3. The standard InChI is InChI=1S/C19H21F3N2O5/c1-10(2)24-11(3)14(16(26)29-5)18(17(24)27,19(20,21)22)23-15(25)12-7-6-8-13(9-12)28-4/h6-10H,1-5H3,(H,23,25). The molecule has 0 aromatic heterocycles. The number of methoxy groups -OCH3 is 2. The van der Waals surface area contributed by atoms with Gasteiger partial charge < -0.3 is 19.7 Å². The lowest BCUT2D eigenvalue weighted by molar-refractivity contribution is -0.192. The van der Waals surface area contributed by atoms with Crippen LogP contribution in [0.3, 0.4) is 0 Å². The van der Waals surface area contributed by atoms with Crippen LogP contribution < -0.4 is 10.1 Å². The summed E-state index contributed by atoms with van der Waals surface area (Å²) in [5.74, 6) is -3.80. The van der Waals surface area contributed by atoms with Gasteiger partial charge in [-0.15, -0.1) is 0 Å². The molecule has 158 valence electrons. The summed E-state index contributed by atoms with van der Waals surface area (Å²) in [5, 5.41) is 1.76. The molecule has 0 aliphatic carbocycles. The summed E-state index contributed by atoms with van der Waals surface area (Å²) < 4.78 is 52.4. The van der Waals surface area contributed by atoms with E-state index in [4.69, 9.17) is 4.74 Å². The Morgan fingerprint density at radius 2 is 1.83 bits per heavy atom. The van der Waals surface area contributed by atoms with E-state index >= 15 is 0 Å². The summed E-state index contributed by atoms with van der Waals surface area (Å²) in [6.45, 7) is 4.19. The molecule has 0 saturated carbocycles. The second-order valence-corrected chi connectivity index (χ2v) is 6.65. The van der Waals surface area contributed by atoms with Crippen molar-refractivity contribution in [2.75, 3.05) is 14.2 Å². The van der Waals surface area contributed by atoms with E-state index in [1.807, 2.05) is 0 Å². The monoisotopic (exact) mass is 414 g/mol. The molecule has 1 atom stereocenters. The molecule has 2 amide bonds. The number of hydrogen-bond acceptors (Lipinski definition) is 5. The van der Waals surface area contributed by atoms with E-state index in [0.717, 1.165) is 12.0 Å². The van der Waals surface area contributed by atoms with Crippen molar-refractivity contribution in [2.24, 2.45) is 0 Å². The highest BCUT2D eigenvalue weighted by Gasteiger charge is 2.71. The number of halogens is 3. The van der Waals surface area contributed by atoms with Crippen molar-refractivity contribution in [1.29, 1.82) is 0 Å². The fourth-order valence-corrected chi connectivity index (χ4v) is 3.31. The lowest BCUT2D eigenvalue weighted by atomic mass is 9.88. The van der Waals surface area contributed by atoms with Crippen molar-refractivity contribution >= 4 is 17.8 Å². The predicted molar refractivity (Wildman–Crippen MR) is 95.9 cm³/mol. The summed E-state index contributed by atoms with van der Waals surface area (Å²) in [6.07, 6.45) is -5.31. The Morgan fingerprint density at radius 3 is 2.31 bits per heavy atom. The van der Waals surface area contributed by atoms with Crippen LogP contribution in [0.4, 0.5) is 13.2 Å². The lowest BCUT2D eigenvalue weighted by Crippen LogP contribution is -2.66. The molecule has 0 bridgehead atoms. The van der Waals surface area contributed by atoms with Gasteiger partial charge in [-0.3, -0.25) is 9.59 Å². The van der Waals surface area contributed by atoms with E-state index in [-0.39, 0.29) is 17.0 Å². The minimum Gasteiger partial charge on any atom is -0.497 e. The molecule has 29 heavy (non-hydrogen) atoms. The summed E-state index contributed by atoms with van der Waals surface area (Å²) in [7, 11) is 2.23. The highest BCUT2D eigenvalue weighted by molar-refractivity contribution is 6.11. The van der Waals surface area contributed by atoms with Crippen LogP contribution in [0.5, 0.6) is 5.75 Å². The molecule has 1 aromatic rings. The molecule has 2 rings (SSSR count). The molecule has 1 N–H and O–H groups in total. The van der Waals surface area contributed by atoms with Crippen LogP contribution >= 0.6 is 0 Å². The zero-order valence-corrected chi connectivity index (χ0v) is 16.5. The molecule has 0 saturated heterocycles. The number of nitrogens with one attached hydrogen (secondary N) is 1. The fraction of sp³-hybridized carbons (Fsp3) is 0.421. The first-order valence-electron chi connectivity index (χ1n) is 8.59. The number of nitrogens with zero attached hydrogens (tertiary/aromatic N) is 1. The Kier molecular flexibility index (Phi) is 5.96. The lowest BCUT2D eigenvalue weighted by Gasteiger charge is -2.33. The van der Waals surface area contributed by atoms with Crippen LogP contribution in [0.1, 0.15) is 31.1 Å². The quantitative estimate of drug-likeness (QED) is 0.748. The molecule has 10 heteroatoms. The zero-order chi connectivity index (χ0) is 22.1. The first-order chi connectivity index (χ1) is 13.4. The van der Waals surface area contributed by atoms with Gasteiger partial charge in [0.05, 0.1) is 14.2 Å². The first-order valence-corrected chi connectivity index (χ1v) is 8.59. The number of benzene rings is 1. The van der Waals surface area contributed by atoms with E-state index in [0.29, 0.717) is 0 Å². The Hall–Kier alpha value is -3.04. The smallest absolute Gasteiger partial charge is 0.425 e. The van der Waals surface area contributed by atoms with Gasteiger partial charge in [-0.2, -0.15) is 13.2 Å². The number of carbonyl (C=O) groups is 3. The van der Waals surface area contributed by atoms with Gasteiger partial charge in [0.1, 0.15) is 11.3 Å². The SMILES string of the molecule is COC(=O)C1=C(C)N(C(C)C)C(=O)C1(NC(=O)c1cccc(OC)c1)C(F)(F)F. The van der Waals surface area contributed by atoms with Crippen LogP contribution in [0, 0.1) is 0 Å².